The highest BCUT2D eigenvalue weighted by Gasteiger charge is 2.20. The number of hydrogen-bond acceptors (Lipinski definition) is 5. The lowest BCUT2D eigenvalue weighted by molar-refractivity contribution is 0.547. The Morgan fingerprint density at radius 1 is 1.10 bits per heavy atom. The van der Waals surface area contributed by atoms with Gasteiger partial charge < -0.3 is 5.43 Å². The molecule has 10 heteroatoms. The molecule has 1 heterocycles. The number of rotatable bonds is 4. The summed E-state index contributed by atoms with van der Waals surface area (Å²) in [6.45, 7) is 0. The minimum Gasteiger partial charge on any atom is -0.308 e. The van der Waals surface area contributed by atoms with Crippen LogP contribution in [0, 0.1) is 17.5 Å². The van der Waals surface area contributed by atoms with Crippen molar-refractivity contribution >= 4 is 21.5 Å². The molecule has 0 aliphatic rings. The summed E-state index contributed by atoms with van der Waals surface area (Å²) in [5.41, 5.74) is 1.22. The summed E-state index contributed by atoms with van der Waals surface area (Å²) in [4.78, 5) is 3.32. The predicted molar refractivity (Wildman–Crippen MR) is 69.2 cm³/mol. The van der Waals surface area contributed by atoms with E-state index in [4.69, 9.17) is 5.84 Å². The lowest BCUT2D eigenvalue weighted by Gasteiger charge is -2.10. The first kappa shape index (κ1) is 15.1. The molecule has 0 saturated heterocycles. The van der Waals surface area contributed by atoms with Crippen LogP contribution in [0.3, 0.4) is 0 Å². The SMILES string of the molecule is NNc1ccc(S(=O)(=O)Nc2c(F)cc(F)cc2F)cn1. The monoisotopic (exact) mass is 318 g/mol. The van der Waals surface area contributed by atoms with Crippen molar-refractivity contribution in [3.63, 3.8) is 0 Å². The summed E-state index contributed by atoms with van der Waals surface area (Å²) in [6.07, 6.45) is 0.941. The number of hydrazine groups is 1. The molecule has 2 aromatic rings. The van der Waals surface area contributed by atoms with Crippen LogP contribution in [0.25, 0.3) is 0 Å². The highest BCUT2D eigenvalue weighted by Crippen LogP contribution is 2.23. The van der Waals surface area contributed by atoms with Crippen molar-refractivity contribution in [3.05, 3.63) is 47.9 Å². The van der Waals surface area contributed by atoms with E-state index in [1.54, 1.807) is 4.72 Å². The van der Waals surface area contributed by atoms with Crippen LogP contribution in [-0.2, 0) is 10.0 Å². The topological polar surface area (TPSA) is 97.1 Å². The van der Waals surface area contributed by atoms with Crippen molar-refractivity contribution in [2.75, 3.05) is 10.1 Å². The summed E-state index contributed by atoms with van der Waals surface area (Å²) in [5, 5.41) is 0. The summed E-state index contributed by atoms with van der Waals surface area (Å²) in [7, 11) is -4.28. The highest BCUT2D eigenvalue weighted by atomic mass is 32.2. The van der Waals surface area contributed by atoms with Gasteiger partial charge in [-0.25, -0.2) is 32.4 Å². The second kappa shape index (κ2) is 5.58. The minimum absolute atomic E-state index is 0.202. The third-order valence-corrected chi connectivity index (χ3v) is 3.77. The molecule has 0 saturated carbocycles. The van der Waals surface area contributed by atoms with Crippen LogP contribution in [0.1, 0.15) is 0 Å². The van der Waals surface area contributed by atoms with Gasteiger partial charge in [0.15, 0.2) is 11.6 Å². The zero-order valence-electron chi connectivity index (χ0n) is 10.3. The molecule has 0 amide bonds. The molecule has 0 aliphatic heterocycles. The summed E-state index contributed by atoms with van der Waals surface area (Å²) in [5.74, 6) is 1.37. The molecule has 0 unspecified atom stereocenters. The number of benzene rings is 1. The lowest BCUT2D eigenvalue weighted by atomic mass is 10.3. The molecule has 2 rings (SSSR count). The van der Waals surface area contributed by atoms with Crippen molar-refractivity contribution in [1.29, 1.82) is 0 Å². The number of hydrogen-bond donors (Lipinski definition) is 3. The quantitative estimate of drug-likeness (QED) is 0.587. The second-order valence-electron chi connectivity index (χ2n) is 3.87. The number of halogens is 3. The Morgan fingerprint density at radius 3 is 2.19 bits per heavy atom. The van der Waals surface area contributed by atoms with E-state index in [1.807, 2.05) is 0 Å². The van der Waals surface area contributed by atoms with Gasteiger partial charge in [0.1, 0.15) is 22.2 Å². The minimum atomic E-state index is -4.28. The smallest absolute Gasteiger partial charge is 0.263 e. The molecule has 6 nitrogen and oxygen atoms in total. The van der Waals surface area contributed by atoms with Crippen LogP contribution in [0.2, 0.25) is 0 Å². The third kappa shape index (κ3) is 3.23. The van der Waals surface area contributed by atoms with Crippen molar-refractivity contribution in [1.82, 2.24) is 4.98 Å². The van der Waals surface area contributed by atoms with Crippen LogP contribution < -0.4 is 16.0 Å². The molecule has 0 radical (unpaired) electrons. The Bertz CT molecular complexity index is 743. The molecule has 1 aromatic heterocycles. The van der Waals surface area contributed by atoms with Crippen LogP contribution in [0.15, 0.2) is 35.4 Å². The molecule has 4 N–H and O–H groups in total. The molecule has 112 valence electrons. The highest BCUT2D eigenvalue weighted by molar-refractivity contribution is 7.92. The van der Waals surface area contributed by atoms with E-state index >= 15 is 0 Å². The summed E-state index contributed by atoms with van der Waals surface area (Å²) >= 11 is 0. The maximum Gasteiger partial charge on any atom is 0.263 e. The van der Waals surface area contributed by atoms with E-state index in [0.29, 0.717) is 12.1 Å². The van der Waals surface area contributed by atoms with Gasteiger partial charge in [0.25, 0.3) is 10.0 Å². The number of nitrogens with two attached hydrogens (primary N) is 1. The van der Waals surface area contributed by atoms with Gasteiger partial charge in [-0.3, -0.25) is 4.72 Å². The zero-order valence-corrected chi connectivity index (χ0v) is 11.1. The Morgan fingerprint density at radius 2 is 1.71 bits per heavy atom. The largest absolute Gasteiger partial charge is 0.308 e. The molecule has 0 atom stereocenters. The fraction of sp³-hybridized carbons (Fsp3) is 0. The molecular weight excluding hydrogens is 309 g/mol. The van der Waals surface area contributed by atoms with E-state index in [0.717, 1.165) is 12.3 Å². The normalized spacial score (nSPS) is 11.2. The van der Waals surface area contributed by atoms with Crippen LogP contribution >= 0.6 is 0 Å². The molecular formula is C11H9F3N4O2S. The number of nitrogens with zero attached hydrogens (tertiary/aromatic N) is 1. The fourth-order valence-electron chi connectivity index (χ4n) is 1.46. The van der Waals surface area contributed by atoms with E-state index in [1.165, 1.54) is 6.07 Å². The van der Waals surface area contributed by atoms with E-state index in [9.17, 15) is 21.6 Å². The maximum absolute atomic E-state index is 13.4. The average Bonchev–Trinajstić information content (AvgIpc) is 2.43. The van der Waals surface area contributed by atoms with Gasteiger partial charge in [-0.15, -0.1) is 0 Å². The average molecular weight is 318 g/mol. The van der Waals surface area contributed by atoms with E-state index < -0.39 is 33.2 Å². The molecule has 21 heavy (non-hydrogen) atoms. The van der Waals surface area contributed by atoms with Gasteiger partial charge in [-0.05, 0) is 12.1 Å². The lowest BCUT2D eigenvalue weighted by Crippen LogP contribution is -2.16. The summed E-state index contributed by atoms with van der Waals surface area (Å²) < 4.78 is 65.2. The first-order valence-corrected chi connectivity index (χ1v) is 6.92. The number of sulfonamides is 1. The van der Waals surface area contributed by atoms with Crippen molar-refractivity contribution in [3.8, 4) is 0 Å². The Kier molecular flexibility index (Phi) is 4.00. The Labute approximate surface area is 117 Å². The number of anilines is 2. The van der Waals surface area contributed by atoms with Gasteiger partial charge in [0.05, 0.1) is 0 Å². The van der Waals surface area contributed by atoms with Crippen molar-refractivity contribution in [2.45, 2.75) is 4.90 Å². The molecule has 0 spiro atoms. The molecule has 1 aromatic carbocycles. The number of nitrogens with one attached hydrogen (secondary N) is 2. The second-order valence-corrected chi connectivity index (χ2v) is 5.56. The van der Waals surface area contributed by atoms with Gasteiger partial charge in [0.2, 0.25) is 0 Å². The van der Waals surface area contributed by atoms with Gasteiger partial charge in [0, 0.05) is 18.3 Å². The number of nitrogen functional groups attached to an aromatic ring is 1. The van der Waals surface area contributed by atoms with Crippen LogP contribution in [0.5, 0.6) is 0 Å². The van der Waals surface area contributed by atoms with Crippen molar-refractivity contribution in [2.24, 2.45) is 5.84 Å². The fourth-order valence-corrected chi connectivity index (χ4v) is 2.48. The van der Waals surface area contributed by atoms with E-state index in [2.05, 4.69) is 10.4 Å². The zero-order chi connectivity index (χ0) is 15.6. The standard InChI is InChI=1S/C11H9F3N4O2S/c12-6-3-8(13)11(9(14)4-6)18-21(19,20)7-1-2-10(17-15)16-5-7/h1-5,18H,15H2,(H,16,17). The molecule has 0 fully saturated rings. The Balaban J connectivity index is 2.37. The van der Waals surface area contributed by atoms with Crippen LogP contribution in [-0.4, -0.2) is 13.4 Å². The predicted octanol–water partition coefficient (Wildman–Crippen LogP) is 1.59. The van der Waals surface area contributed by atoms with Crippen molar-refractivity contribution < 1.29 is 21.6 Å². The molecule has 0 aliphatic carbocycles. The summed E-state index contributed by atoms with van der Waals surface area (Å²) in [6, 6.07) is 3.11. The first-order chi connectivity index (χ1) is 9.83. The van der Waals surface area contributed by atoms with Gasteiger partial charge in [-0.2, -0.15) is 0 Å². The number of aromatic nitrogens is 1. The van der Waals surface area contributed by atoms with Crippen LogP contribution in [0.4, 0.5) is 24.7 Å². The third-order valence-electron chi connectivity index (χ3n) is 2.44. The van der Waals surface area contributed by atoms with Gasteiger partial charge in [-0.1, -0.05) is 0 Å². The first-order valence-electron chi connectivity index (χ1n) is 5.43. The van der Waals surface area contributed by atoms with Gasteiger partial charge >= 0.3 is 0 Å². The maximum atomic E-state index is 13.4. The van der Waals surface area contributed by atoms with E-state index in [-0.39, 0.29) is 10.7 Å². The number of pyridine rings is 1. The molecule has 0 bridgehead atoms. The Hall–Kier alpha value is -2.33.